The summed E-state index contributed by atoms with van der Waals surface area (Å²) in [5, 5.41) is 0.506. The Morgan fingerprint density at radius 3 is 2.84 bits per heavy atom. The molecule has 1 aromatic carbocycles. The second kappa shape index (κ2) is 5.73. The van der Waals surface area contributed by atoms with Crippen molar-refractivity contribution in [3.8, 4) is 6.08 Å². The van der Waals surface area contributed by atoms with E-state index < -0.39 is 5.63 Å². The zero-order valence-electron chi connectivity index (χ0n) is 11.2. The van der Waals surface area contributed by atoms with Crippen LogP contribution in [0.5, 0.6) is 6.08 Å². The fourth-order valence-corrected chi connectivity index (χ4v) is 2.03. The van der Waals surface area contributed by atoms with Crippen LogP contribution in [0.4, 0.5) is 5.69 Å². The van der Waals surface area contributed by atoms with E-state index in [4.69, 9.17) is 14.9 Å². The highest BCUT2D eigenvalue weighted by Crippen LogP contribution is 2.22. The van der Waals surface area contributed by atoms with E-state index in [1.165, 1.54) is 0 Å². The quantitative estimate of drug-likeness (QED) is 0.837. The lowest BCUT2D eigenvalue weighted by atomic mass is 10.0. The average molecular weight is 262 g/mol. The Balaban J connectivity index is 2.60. The summed E-state index contributed by atoms with van der Waals surface area (Å²) in [6.07, 6.45) is 2.82. The van der Waals surface area contributed by atoms with Gasteiger partial charge in [-0.1, -0.05) is 13.3 Å². The van der Waals surface area contributed by atoms with Crippen molar-refractivity contribution in [2.45, 2.75) is 33.1 Å². The predicted octanol–water partition coefficient (Wildman–Crippen LogP) is 2.51. The van der Waals surface area contributed by atoms with Crippen LogP contribution in [0.1, 0.15) is 32.3 Å². The number of fused-ring (bicyclic) bond motifs is 1. The van der Waals surface area contributed by atoms with Crippen molar-refractivity contribution >= 4 is 16.6 Å². The maximum atomic E-state index is 12.0. The third-order valence-electron chi connectivity index (χ3n) is 2.88. The zero-order valence-corrected chi connectivity index (χ0v) is 11.2. The van der Waals surface area contributed by atoms with Crippen LogP contribution in [-0.4, -0.2) is 11.6 Å². The largest absolute Gasteiger partial charge is 0.450 e. The molecule has 5 nitrogen and oxygen atoms in total. The molecule has 2 aromatic rings. The van der Waals surface area contributed by atoms with E-state index in [-0.39, 0.29) is 6.08 Å². The van der Waals surface area contributed by atoms with Gasteiger partial charge in [0.1, 0.15) is 0 Å². The molecule has 5 heteroatoms. The van der Waals surface area contributed by atoms with Gasteiger partial charge in [0.05, 0.1) is 17.5 Å². The van der Waals surface area contributed by atoms with E-state index in [1.54, 1.807) is 13.0 Å². The summed E-state index contributed by atoms with van der Waals surface area (Å²) in [4.78, 5) is 16.2. The van der Waals surface area contributed by atoms with Gasteiger partial charge in [-0.2, -0.15) is 4.98 Å². The number of ether oxygens (including phenoxy) is 1. The van der Waals surface area contributed by atoms with Crippen LogP contribution >= 0.6 is 0 Å². The van der Waals surface area contributed by atoms with Gasteiger partial charge in [-0.15, -0.1) is 0 Å². The molecule has 0 aliphatic rings. The molecule has 0 fully saturated rings. The summed E-state index contributed by atoms with van der Waals surface area (Å²) in [5.74, 6) is 0. The van der Waals surface area contributed by atoms with Crippen LogP contribution in [-0.2, 0) is 6.42 Å². The van der Waals surface area contributed by atoms with Crippen molar-refractivity contribution in [3.05, 3.63) is 28.1 Å². The molecule has 0 aliphatic heterocycles. The normalized spacial score (nSPS) is 10.8. The number of hydrogen-bond acceptors (Lipinski definition) is 5. The maximum Gasteiger partial charge on any atom is 0.397 e. The van der Waals surface area contributed by atoms with Crippen LogP contribution < -0.4 is 16.1 Å². The minimum absolute atomic E-state index is 0.00737. The lowest BCUT2D eigenvalue weighted by Crippen LogP contribution is -2.08. The summed E-state index contributed by atoms with van der Waals surface area (Å²) in [7, 11) is 0. The Morgan fingerprint density at radius 2 is 2.16 bits per heavy atom. The number of nitrogens with two attached hydrogens (primary N) is 1. The van der Waals surface area contributed by atoms with Crippen LogP contribution in [0.15, 0.2) is 21.3 Å². The van der Waals surface area contributed by atoms with E-state index in [9.17, 15) is 4.79 Å². The van der Waals surface area contributed by atoms with E-state index in [1.807, 2.05) is 6.07 Å². The van der Waals surface area contributed by atoms with Gasteiger partial charge in [0.2, 0.25) is 0 Å². The summed E-state index contributed by atoms with van der Waals surface area (Å²) in [5.41, 5.74) is 7.46. The van der Waals surface area contributed by atoms with Crippen LogP contribution in [0.2, 0.25) is 0 Å². The fraction of sp³-hybridized carbons (Fsp3) is 0.429. The summed E-state index contributed by atoms with van der Waals surface area (Å²) < 4.78 is 10.2. The van der Waals surface area contributed by atoms with Crippen molar-refractivity contribution in [3.63, 3.8) is 0 Å². The molecule has 2 rings (SSSR count). The Labute approximate surface area is 111 Å². The molecule has 19 heavy (non-hydrogen) atoms. The number of rotatable bonds is 5. The molecule has 0 saturated carbocycles. The SMILES string of the molecule is CCCCc1cc(N)cc2nc(OCC)oc(=O)c12. The number of anilines is 1. The summed E-state index contributed by atoms with van der Waals surface area (Å²) >= 11 is 0. The van der Waals surface area contributed by atoms with Gasteiger partial charge in [-0.3, -0.25) is 0 Å². The second-order valence-electron chi connectivity index (χ2n) is 4.38. The smallest absolute Gasteiger partial charge is 0.397 e. The molecule has 2 N–H and O–H groups in total. The summed E-state index contributed by atoms with van der Waals surface area (Å²) in [6.45, 7) is 4.30. The standard InChI is InChI=1S/C14H18N2O3/c1-3-5-6-9-7-10(15)8-11-12(9)13(17)19-14(16-11)18-4-2/h7-8H,3-6,15H2,1-2H3. The summed E-state index contributed by atoms with van der Waals surface area (Å²) in [6, 6.07) is 3.49. The van der Waals surface area contributed by atoms with Crippen molar-refractivity contribution in [1.29, 1.82) is 0 Å². The van der Waals surface area contributed by atoms with E-state index in [0.717, 1.165) is 24.8 Å². The highest BCUT2D eigenvalue weighted by Gasteiger charge is 2.12. The number of aromatic nitrogens is 1. The zero-order chi connectivity index (χ0) is 13.8. The number of nitrogens with zero attached hydrogens (tertiary/aromatic N) is 1. The van der Waals surface area contributed by atoms with Gasteiger partial charge in [0, 0.05) is 5.69 Å². The number of nitrogen functional groups attached to an aromatic ring is 1. The molecule has 0 spiro atoms. The van der Waals surface area contributed by atoms with Crippen molar-refractivity contribution < 1.29 is 9.15 Å². The van der Waals surface area contributed by atoms with Gasteiger partial charge in [-0.25, -0.2) is 4.79 Å². The van der Waals surface area contributed by atoms with Gasteiger partial charge in [-0.05, 0) is 37.5 Å². The average Bonchev–Trinajstić information content (AvgIpc) is 2.35. The third-order valence-corrected chi connectivity index (χ3v) is 2.88. The second-order valence-corrected chi connectivity index (χ2v) is 4.38. The molecule has 0 radical (unpaired) electrons. The van der Waals surface area contributed by atoms with E-state index in [2.05, 4.69) is 11.9 Å². The Bertz CT molecular complexity index is 634. The third kappa shape index (κ3) is 2.86. The van der Waals surface area contributed by atoms with Gasteiger partial charge in [0.25, 0.3) is 0 Å². The molecule has 1 aromatic heterocycles. The van der Waals surface area contributed by atoms with Crippen molar-refractivity contribution in [2.75, 3.05) is 12.3 Å². The van der Waals surface area contributed by atoms with Crippen LogP contribution in [0.25, 0.3) is 10.9 Å². The fourth-order valence-electron chi connectivity index (χ4n) is 2.03. The molecule has 0 unspecified atom stereocenters. The minimum atomic E-state index is -0.417. The molecule has 0 saturated heterocycles. The van der Waals surface area contributed by atoms with E-state index >= 15 is 0 Å². The monoisotopic (exact) mass is 262 g/mol. The molecular weight excluding hydrogens is 244 g/mol. The van der Waals surface area contributed by atoms with Gasteiger partial charge < -0.3 is 14.9 Å². The van der Waals surface area contributed by atoms with E-state index in [0.29, 0.717) is 23.2 Å². The molecule has 0 amide bonds. The highest BCUT2D eigenvalue weighted by molar-refractivity contribution is 5.84. The Kier molecular flexibility index (Phi) is 4.04. The molecule has 1 heterocycles. The predicted molar refractivity (Wildman–Crippen MR) is 74.5 cm³/mol. The van der Waals surface area contributed by atoms with Gasteiger partial charge in [0.15, 0.2) is 0 Å². The number of aryl methyl sites for hydroxylation is 1. The number of unbranched alkanes of at least 4 members (excludes halogenated alkanes) is 1. The topological polar surface area (TPSA) is 78.3 Å². The number of hydrogen-bond donors (Lipinski definition) is 1. The molecule has 102 valence electrons. The van der Waals surface area contributed by atoms with Crippen LogP contribution in [0.3, 0.4) is 0 Å². The lowest BCUT2D eigenvalue weighted by Gasteiger charge is -2.07. The van der Waals surface area contributed by atoms with Crippen LogP contribution in [0, 0.1) is 0 Å². The van der Waals surface area contributed by atoms with Crippen molar-refractivity contribution in [2.24, 2.45) is 0 Å². The van der Waals surface area contributed by atoms with Crippen molar-refractivity contribution in [1.82, 2.24) is 4.98 Å². The minimum Gasteiger partial charge on any atom is -0.450 e. The molecule has 0 bridgehead atoms. The first kappa shape index (κ1) is 13.4. The lowest BCUT2D eigenvalue weighted by molar-refractivity contribution is 0.229. The number of benzene rings is 1. The molecular formula is C14H18N2O3. The van der Waals surface area contributed by atoms with Gasteiger partial charge >= 0.3 is 11.7 Å². The Hall–Kier alpha value is -2.04. The highest BCUT2D eigenvalue weighted by atomic mass is 16.6. The molecule has 0 aliphatic carbocycles. The molecule has 0 atom stereocenters. The first-order valence-electron chi connectivity index (χ1n) is 6.51. The first-order chi connectivity index (χ1) is 9.15. The Morgan fingerprint density at radius 1 is 1.37 bits per heavy atom. The first-order valence-corrected chi connectivity index (χ1v) is 6.51. The maximum absolute atomic E-state index is 12.0.